The van der Waals surface area contributed by atoms with Gasteiger partial charge in [-0.2, -0.15) is 5.26 Å². The number of nitrogen functional groups attached to an aromatic ring is 1. The normalized spacial score (nSPS) is 12.3. The molecule has 1 heterocycles. The second kappa shape index (κ2) is 4.03. The van der Waals surface area contributed by atoms with E-state index in [1.54, 1.807) is 0 Å². The van der Waals surface area contributed by atoms with Crippen molar-refractivity contribution in [2.75, 3.05) is 5.73 Å². The van der Waals surface area contributed by atoms with Crippen LogP contribution in [0.2, 0.25) is 0 Å². The molecule has 0 bridgehead atoms. The molecule has 3 heteroatoms. The third-order valence-corrected chi connectivity index (χ3v) is 2.67. The minimum absolute atomic E-state index is 0.109. The van der Waals surface area contributed by atoms with Crippen LogP contribution in [0.4, 0.5) is 5.82 Å². The number of hydrogen-bond donors (Lipinski definition) is 1. The van der Waals surface area contributed by atoms with E-state index in [1.165, 1.54) is 0 Å². The predicted octanol–water partition coefficient (Wildman–Crippen LogP) is 3.13. The van der Waals surface area contributed by atoms with Crippen LogP contribution in [-0.4, -0.2) is 4.98 Å². The zero-order chi connectivity index (χ0) is 13.4. The first-order valence-electron chi connectivity index (χ1n) is 5.79. The summed E-state index contributed by atoms with van der Waals surface area (Å²) < 4.78 is 0. The molecule has 0 saturated heterocycles. The molecule has 0 aromatic carbocycles. The first-order chi connectivity index (χ1) is 7.57. The van der Waals surface area contributed by atoms with Crippen molar-refractivity contribution in [2.45, 2.75) is 52.4 Å². The lowest BCUT2D eigenvalue weighted by Gasteiger charge is -2.26. The Balaban J connectivity index is 3.66. The Hall–Kier alpha value is -1.56. The summed E-state index contributed by atoms with van der Waals surface area (Å²) in [5, 5.41) is 9.39. The highest BCUT2D eigenvalue weighted by atomic mass is 14.9. The van der Waals surface area contributed by atoms with Crippen molar-refractivity contribution in [2.24, 2.45) is 0 Å². The van der Waals surface area contributed by atoms with Gasteiger partial charge in [-0.05, 0) is 17.0 Å². The second-order valence-electron chi connectivity index (χ2n) is 6.43. The SMILES string of the molecule is CC(C)(C)c1cc(N)nc(C(C)(C)C)c1C#N. The number of pyridine rings is 1. The fourth-order valence-electron chi connectivity index (χ4n) is 1.81. The maximum absolute atomic E-state index is 9.39. The van der Waals surface area contributed by atoms with Crippen LogP contribution in [0, 0.1) is 11.3 Å². The molecule has 92 valence electrons. The number of anilines is 1. The first-order valence-corrected chi connectivity index (χ1v) is 5.79. The summed E-state index contributed by atoms with van der Waals surface area (Å²) >= 11 is 0. The molecule has 1 aromatic heterocycles. The summed E-state index contributed by atoms with van der Waals surface area (Å²) in [6.07, 6.45) is 0. The van der Waals surface area contributed by atoms with E-state index < -0.39 is 0 Å². The number of nitriles is 1. The molecule has 0 saturated carbocycles. The molecule has 0 aliphatic carbocycles. The van der Waals surface area contributed by atoms with Gasteiger partial charge in [0.1, 0.15) is 11.9 Å². The molecule has 0 radical (unpaired) electrons. The van der Waals surface area contributed by atoms with Gasteiger partial charge in [-0.25, -0.2) is 4.98 Å². The Bertz CT molecular complexity index is 433. The Labute approximate surface area is 104 Å². The summed E-state index contributed by atoms with van der Waals surface area (Å²) in [6, 6.07) is 4.10. The molecule has 2 N–H and O–H groups in total. The number of nitrogens with zero attached hydrogens (tertiary/aromatic N) is 2. The molecule has 0 unspecified atom stereocenters. The molecular weight excluding hydrogens is 210 g/mol. The Morgan fingerprint density at radius 3 is 2.00 bits per heavy atom. The summed E-state index contributed by atoms with van der Waals surface area (Å²) in [6.45, 7) is 12.4. The van der Waals surface area contributed by atoms with Crippen LogP contribution in [-0.2, 0) is 10.8 Å². The number of nitrogens with two attached hydrogens (primary N) is 1. The summed E-state index contributed by atoms with van der Waals surface area (Å²) in [7, 11) is 0. The van der Waals surface area contributed by atoms with Gasteiger partial charge in [-0.1, -0.05) is 41.5 Å². The third-order valence-electron chi connectivity index (χ3n) is 2.67. The first kappa shape index (κ1) is 13.5. The lowest BCUT2D eigenvalue weighted by atomic mass is 9.79. The molecule has 0 amide bonds. The van der Waals surface area contributed by atoms with Gasteiger partial charge in [0, 0.05) is 5.41 Å². The van der Waals surface area contributed by atoms with Crippen molar-refractivity contribution in [1.82, 2.24) is 4.98 Å². The van der Waals surface area contributed by atoms with E-state index in [0.29, 0.717) is 11.4 Å². The van der Waals surface area contributed by atoms with Crippen LogP contribution < -0.4 is 5.73 Å². The molecule has 1 aromatic rings. The molecule has 0 aliphatic rings. The van der Waals surface area contributed by atoms with E-state index in [9.17, 15) is 5.26 Å². The van der Waals surface area contributed by atoms with Crippen molar-refractivity contribution in [1.29, 1.82) is 5.26 Å². The Kier molecular flexibility index (Phi) is 3.20. The number of hydrogen-bond acceptors (Lipinski definition) is 3. The lowest BCUT2D eigenvalue weighted by Crippen LogP contribution is -2.22. The minimum Gasteiger partial charge on any atom is -0.384 e. The standard InChI is InChI=1S/C14H21N3/c1-13(2,3)10-7-11(16)17-12(9(10)8-15)14(4,5)6/h7H,1-6H3,(H2,16,17). The van der Waals surface area contributed by atoms with Crippen molar-refractivity contribution >= 4 is 5.82 Å². The van der Waals surface area contributed by atoms with Crippen LogP contribution in [0.1, 0.15) is 58.4 Å². The number of rotatable bonds is 0. The minimum atomic E-state index is -0.180. The van der Waals surface area contributed by atoms with Crippen LogP contribution in [0.25, 0.3) is 0 Å². The van der Waals surface area contributed by atoms with Gasteiger partial charge in [0.25, 0.3) is 0 Å². The second-order valence-corrected chi connectivity index (χ2v) is 6.43. The van der Waals surface area contributed by atoms with Gasteiger partial charge >= 0.3 is 0 Å². The number of aromatic nitrogens is 1. The highest BCUT2D eigenvalue weighted by molar-refractivity contribution is 5.52. The molecule has 0 atom stereocenters. The van der Waals surface area contributed by atoms with Gasteiger partial charge in [0.15, 0.2) is 0 Å². The van der Waals surface area contributed by atoms with Gasteiger partial charge < -0.3 is 5.73 Å². The molecule has 1 rings (SSSR count). The average Bonchev–Trinajstić information content (AvgIpc) is 2.13. The van der Waals surface area contributed by atoms with Crippen molar-refractivity contribution in [3.05, 3.63) is 22.9 Å². The molecule has 3 nitrogen and oxygen atoms in total. The van der Waals surface area contributed by atoms with Gasteiger partial charge in [0.05, 0.1) is 11.3 Å². The van der Waals surface area contributed by atoms with Crippen LogP contribution >= 0.6 is 0 Å². The van der Waals surface area contributed by atoms with E-state index in [1.807, 2.05) is 26.8 Å². The van der Waals surface area contributed by atoms with Crippen molar-refractivity contribution < 1.29 is 0 Å². The topological polar surface area (TPSA) is 62.7 Å². The van der Waals surface area contributed by atoms with E-state index in [-0.39, 0.29) is 10.8 Å². The maximum Gasteiger partial charge on any atom is 0.124 e. The van der Waals surface area contributed by atoms with E-state index in [4.69, 9.17) is 5.73 Å². The van der Waals surface area contributed by atoms with Crippen LogP contribution in [0.15, 0.2) is 6.07 Å². The van der Waals surface area contributed by atoms with Crippen molar-refractivity contribution in [3.8, 4) is 6.07 Å². The highest BCUT2D eigenvalue weighted by Gasteiger charge is 2.27. The molecular formula is C14H21N3. The van der Waals surface area contributed by atoms with Gasteiger partial charge in [-0.15, -0.1) is 0 Å². The van der Waals surface area contributed by atoms with Crippen molar-refractivity contribution in [3.63, 3.8) is 0 Å². The Morgan fingerprint density at radius 2 is 1.65 bits per heavy atom. The molecule has 17 heavy (non-hydrogen) atoms. The quantitative estimate of drug-likeness (QED) is 0.746. The average molecular weight is 231 g/mol. The van der Waals surface area contributed by atoms with Crippen LogP contribution in [0.5, 0.6) is 0 Å². The van der Waals surface area contributed by atoms with Crippen LogP contribution in [0.3, 0.4) is 0 Å². The monoisotopic (exact) mass is 231 g/mol. The van der Waals surface area contributed by atoms with E-state index in [2.05, 4.69) is 31.8 Å². The summed E-state index contributed by atoms with van der Waals surface area (Å²) in [5.41, 5.74) is 7.98. The molecule has 0 aliphatic heterocycles. The predicted molar refractivity (Wildman–Crippen MR) is 70.8 cm³/mol. The van der Waals surface area contributed by atoms with Gasteiger partial charge in [-0.3, -0.25) is 0 Å². The zero-order valence-electron chi connectivity index (χ0n) is 11.5. The molecule has 0 spiro atoms. The van der Waals surface area contributed by atoms with E-state index in [0.717, 1.165) is 11.3 Å². The summed E-state index contributed by atoms with van der Waals surface area (Å²) in [5.74, 6) is 0.485. The fraction of sp³-hybridized carbons (Fsp3) is 0.571. The zero-order valence-corrected chi connectivity index (χ0v) is 11.5. The van der Waals surface area contributed by atoms with E-state index >= 15 is 0 Å². The third kappa shape index (κ3) is 2.76. The molecule has 0 fully saturated rings. The highest BCUT2D eigenvalue weighted by Crippen LogP contribution is 2.33. The largest absolute Gasteiger partial charge is 0.384 e. The Morgan fingerprint density at radius 1 is 1.12 bits per heavy atom. The fourth-order valence-corrected chi connectivity index (χ4v) is 1.81. The summed E-state index contributed by atoms with van der Waals surface area (Å²) in [4.78, 5) is 4.34. The lowest BCUT2D eigenvalue weighted by molar-refractivity contribution is 0.550. The smallest absolute Gasteiger partial charge is 0.124 e. The van der Waals surface area contributed by atoms with Gasteiger partial charge in [0.2, 0.25) is 0 Å². The maximum atomic E-state index is 9.39.